The number of hydrogen-bond acceptors (Lipinski definition) is 2. The standard InChI is InChI=1S/C21H13ClF3NO2/c22-14-10-11-18(16(12-14)19(27)13-6-2-1-3-7-13)26-20(28)15-8-4-5-9-17(15)21(23,24)25/h1-12H,(H,26,28). The third-order valence-electron chi connectivity index (χ3n) is 3.99. The minimum absolute atomic E-state index is 0.0697. The third-order valence-corrected chi connectivity index (χ3v) is 4.22. The molecular formula is C21H13ClF3NO2. The molecule has 28 heavy (non-hydrogen) atoms. The minimum Gasteiger partial charge on any atom is -0.321 e. The lowest BCUT2D eigenvalue weighted by atomic mass is 10.0. The molecule has 0 fully saturated rings. The number of alkyl halides is 3. The van der Waals surface area contributed by atoms with Crippen molar-refractivity contribution in [3.8, 4) is 0 Å². The van der Waals surface area contributed by atoms with Gasteiger partial charge in [-0.3, -0.25) is 9.59 Å². The Labute approximate surface area is 163 Å². The first-order valence-electron chi connectivity index (χ1n) is 8.14. The predicted octanol–water partition coefficient (Wildman–Crippen LogP) is 5.84. The molecule has 0 spiro atoms. The summed E-state index contributed by atoms with van der Waals surface area (Å²) in [4.78, 5) is 25.3. The van der Waals surface area contributed by atoms with E-state index >= 15 is 0 Å². The average Bonchev–Trinajstić information content (AvgIpc) is 2.68. The third kappa shape index (κ3) is 4.23. The van der Waals surface area contributed by atoms with Crippen LogP contribution < -0.4 is 5.32 Å². The molecule has 1 N–H and O–H groups in total. The summed E-state index contributed by atoms with van der Waals surface area (Å²) in [6.07, 6.45) is -4.68. The Kier molecular flexibility index (Phi) is 5.51. The number of nitrogens with one attached hydrogen (secondary N) is 1. The van der Waals surface area contributed by atoms with E-state index in [-0.39, 0.29) is 16.3 Å². The quantitative estimate of drug-likeness (QED) is 0.556. The van der Waals surface area contributed by atoms with Crippen molar-refractivity contribution in [1.29, 1.82) is 0 Å². The molecule has 0 aliphatic carbocycles. The van der Waals surface area contributed by atoms with Gasteiger partial charge in [-0.2, -0.15) is 13.2 Å². The fraction of sp³-hybridized carbons (Fsp3) is 0.0476. The van der Waals surface area contributed by atoms with Crippen LogP contribution in [0.2, 0.25) is 5.02 Å². The molecule has 0 aliphatic rings. The van der Waals surface area contributed by atoms with Gasteiger partial charge in [-0.1, -0.05) is 54.1 Å². The van der Waals surface area contributed by atoms with Crippen molar-refractivity contribution in [3.63, 3.8) is 0 Å². The number of hydrogen-bond donors (Lipinski definition) is 1. The number of carbonyl (C=O) groups excluding carboxylic acids is 2. The second-order valence-corrected chi connectivity index (χ2v) is 6.32. The summed E-state index contributed by atoms with van der Waals surface area (Å²) in [7, 11) is 0. The Morgan fingerprint density at radius 3 is 2.14 bits per heavy atom. The van der Waals surface area contributed by atoms with Crippen LogP contribution in [0.15, 0.2) is 72.8 Å². The van der Waals surface area contributed by atoms with Crippen molar-refractivity contribution in [2.75, 3.05) is 5.32 Å². The Balaban J connectivity index is 1.98. The predicted molar refractivity (Wildman–Crippen MR) is 101 cm³/mol. The molecule has 0 unspecified atom stereocenters. The van der Waals surface area contributed by atoms with E-state index in [2.05, 4.69) is 5.32 Å². The maximum Gasteiger partial charge on any atom is 0.417 e. The minimum atomic E-state index is -4.68. The molecule has 7 heteroatoms. The van der Waals surface area contributed by atoms with E-state index in [0.717, 1.165) is 12.1 Å². The lowest BCUT2D eigenvalue weighted by Crippen LogP contribution is -2.20. The Hall–Kier alpha value is -3.12. The van der Waals surface area contributed by atoms with Crippen LogP contribution in [0.4, 0.5) is 18.9 Å². The van der Waals surface area contributed by atoms with Gasteiger partial charge >= 0.3 is 6.18 Å². The van der Waals surface area contributed by atoms with Crippen molar-refractivity contribution >= 4 is 29.0 Å². The number of rotatable bonds is 4. The zero-order valence-corrected chi connectivity index (χ0v) is 15.0. The molecule has 3 aromatic carbocycles. The lowest BCUT2D eigenvalue weighted by molar-refractivity contribution is -0.137. The van der Waals surface area contributed by atoms with Gasteiger partial charge in [-0.05, 0) is 30.3 Å². The summed E-state index contributed by atoms with van der Waals surface area (Å²) in [5.41, 5.74) is -1.09. The molecule has 0 heterocycles. The second kappa shape index (κ2) is 7.86. The smallest absolute Gasteiger partial charge is 0.321 e. The fourth-order valence-corrected chi connectivity index (χ4v) is 2.85. The number of amides is 1. The highest BCUT2D eigenvalue weighted by atomic mass is 35.5. The highest BCUT2D eigenvalue weighted by Gasteiger charge is 2.35. The molecular weight excluding hydrogens is 391 g/mol. The SMILES string of the molecule is O=C(c1ccccc1)c1cc(Cl)ccc1NC(=O)c1ccccc1C(F)(F)F. The molecule has 0 aromatic heterocycles. The van der Waals surface area contributed by atoms with Crippen molar-refractivity contribution in [1.82, 2.24) is 0 Å². The fourth-order valence-electron chi connectivity index (χ4n) is 2.68. The number of anilines is 1. The summed E-state index contributed by atoms with van der Waals surface area (Å²) in [5, 5.41) is 2.66. The van der Waals surface area contributed by atoms with Gasteiger partial charge in [0.2, 0.25) is 0 Å². The first-order chi connectivity index (χ1) is 13.3. The van der Waals surface area contributed by atoms with Gasteiger partial charge in [0, 0.05) is 16.1 Å². The topological polar surface area (TPSA) is 46.2 Å². The Bertz CT molecular complexity index is 1030. The van der Waals surface area contributed by atoms with Crippen LogP contribution in [0.25, 0.3) is 0 Å². The van der Waals surface area contributed by atoms with E-state index in [0.29, 0.717) is 5.56 Å². The van der Waals surface area contributed by atoms with Gasteiger partial charge in [0.05, 0.1) is 16.8 Å². The molecule has 0 atom stereocenters. The van der Waals surface area contributed by atoms with E-state index in [1.807, 2.05) is 0 Å². The number of carbonyl (C=O) groups is 2. The van der Waals surface area contributed by atoms with Gasteiger partial charge < -0.3 is 5.32 Å². The monoisotopic (exact) mass is 403 g/mol. The summed E-state index contributed by atoms with van der Waals surface area (Å²) in [6, 6.07) is 16.9. The van der Waals surface area contributed by atoms with Crippen LogP contribution in [0.1, 0.15) is 31.8 Å². The zero-order valence-electron chi connectivity index (χ0n) is 14.3. The van der Waals surface area contributed by atoms with Crippen molar-refractivity contribution < 1.29 is 22.8 Å². The zero-order chi connectivity index (χ0) is 20.3. The van der Waals surface area contributed by atoms with Crippen LogP contribution in [-0.2, 0) is 6.18 Å². The summed E-state index contributed by atoms with van der Waals surface area (Å²) >= 11 is 5.97. The highest BCUT2D eigenvalue weighted by Crippen LogP contribution is 2.32. The first kappa shape index (κ1) is 19.6. The van der Waals surface area contributed by atoms with Gasteiger partial charge in [0.1, 0.15) is 0 Å². The lowest BCUT2D eigenvalue weighted by Gasteiger charge is -2.14. The van der Waals surface area contributed by atoms with Crippen LogP contribution in [0.3, 0.4) is 0 Å². The Morgan fingerprint density at radius 2 is 1.46 bits per heavy atom. The van der Waals surface area contributed by atoms with Gasteiger partial charge in [-0.25, -0.2) is 0 Å². The molecule has 0 saturated heterocycles. The van der Waals surface area contributed by atoms with Gasteiger partial charge in [0.25, 0.3) is 5.91 Å². The van der Waals surface area contributed by atoms with Gasteiger partial charge in [-0.15, -0.1) is 0 Å². The molecule has 142 valence electrons. The largest absolute Gasteiger partial charge is 0.417 e. The normalized spacial score (nSPS) is 11.1. The number of benzene rings is 3. The second-order valence-electron chi connectivity index (χ2n) is 5.88. The highest BCUT2D eigenvalue weighted by molar-refractivity contribution is 6.31. The van der Waals surface area contributed by atoms with Crippen LogP contribution in [0.5, 0.6) is 0 Å². The molecule has 3 nitrogen and oxygen atoms in total. The van der Waals surface area contributed by atoms with E-state index in [1.165, 1.54) is 30.3 Å². The Morgan fingerprint density at radius 1 is 0.821 bits per heavy atom. The van der Waals surface area contributed by atoms with E-state index in [4.69, 9.17) is 11.6 Å². The van der Waals surface area contributed by atoms with Crippen LogP contribution >= 0.6 is 11.6 Å². The van der Waals surface area contributed by atoms with Crippen molar-refractivity contribution in [3.05, 3.63) is 100 Å². The molecule has 0 saturated carbocycles. The van der Waals surface area contributed by atoms with E-state index in [1.54, 1.807) is 30.3 Å². The number of ketones is 1. The first-order valence-corrected chi connectivity index (χ1v) is 8.52. The van der Waals surface area contributed by atoms with Crippen molar-refractivity contribution in [2.24, 2.45) is 0 Å². The molecule has 0 radical (unpaired) electrons. The van der Waals surface area contributed by atoms with Crippen LogP contribution in [-0.4, -0.2) is 11.7 Å². The molecule has 3 rings (SSSR count). The molecule has 0 aliphatic heterocycles. The summed E-state index contributed by atoms with van der Waals surface area (Å²) in [5.74, 6) is -1.39. The molecule has 1 amide bonds. The molecule has 3 aromatic rings. The van der Waals surface area contributed by atoms with E-state index < -0.39 is 29.0 Å². The van der Waals surface area contributed by atoms with Crippen molar-refractivity contribution in [2.45, 2.75) is 6.18 Å². The number of halogens is 4. The van der Waals surface area contributed by atoms with Gasteiger partial charge in [0.15, 0.2) is 5.78 Å². The summed E-state index contributed by atoms with van der Waals surface area (Å²) in [6.45, 7) is 0. The maximum atomic E-state index is 13.2. The summed E-state index contributed by atoms with van der Waals surface area (Å²) < 4.78 is 39.5. The maximum absolute atomic E-state index is 13.2. The van der Waals surface area contributed by atoms with Crippen LogP contribution in [0, 0.1) is 0 Å². The van der Waals surface area contributed by atoms with E-state index in [9.17, 15) is 22.8 Å². The average molecular weight is 404 g/mol. The molecule has 0 bridgehead atoms.